The second-order valence-corrected chi connectivity index (χ2v) is 10.5. The molecule has 5 heteroatoms. The number of benzene rings is 2. The van der Waals surface area contributed by atoms with Gasteiger partial charge in [-0.3, -0.25) is 4.98 Å². The molecule has 1 spiro atoms. The Bertz CT molecular complexity index is 1190. The lowest BCUT2D eigenvalue weighted by atomic mass is 9.52. The fourth-order valence-electron chi connectivity index (χ4n) is 6.02. The number of rotatable bonds is 5. The summed E-state index contributed by atoms with van der Waals surface area (Å²) in [4.78, 5) is 4.40. The van der Waals surface area contributed by atoms with Gasteiger partial charge < -0.3 is 5.32 Å². The van der Waals surface area contributed by atoms with Crippen LogP contribution in [0.5, 0.6) is 0 Å². The van der Waals surface area contributed by atoms with Crippen molar-refractivity contribution in [2.75, 3.05) is 5.32 Å². The van der Waals surface area contributed by atoms with E-state index in [1.165, 1.54) is 56.2 Å². The number of nitrogens with one attached hydrogen (secondary N) is 1. The van der Waals surface area contributed by atoms with E-state index in [4.69, 9.17) is 11.6 Å². The number of halogens is 3. The van der Waals surface area contributed by atoms with Crippen LogP contribution in [0.4, 0.5) is 14.5 Å². The highest BCUT2D eigenvalue weighted by Gasteiger charge is 2.47. The van der Waals surface area contributed by atoms with Gasteiger partial charge in [0.05, 0.1) is 10.5 Å². The van der Waals surface area contributed by atoms with Crippen LogP contribution in [0, 0.1) is 28.9 Å². The summed E-state index contributed by atoms with van der Waals surface area (Å²) in [7, 11) is 0. The summed E-state index contributed by atoms with van der Waals surface area (Å²) < 4.78 is 27.6. The summed E-state index contributed by atoms with van der Waals surface area (Å²) in [6.45, 7) is 6.45. The zero-order valence-corrected chi connectivity index (χ0v) is 19.6. The number of anilines is 1. The third kappa shape index (κ3) is 4.38. The summed E-state index contributed by atoms with van der Waals surface area (Å²) in [5, 5.41) is 4.36. The van der Waals surface area contributed by atoms with Crippen LogP contribution in [0.15, 0.2) is 60.9 Å². The lowest BCUT2D eigenvalue weighted by Gasteiger charge is -2.53. The van der Waals surface area contributed by atoms with Gasteiger partial charge in [0.15, 0.2) is 0 Å². The average molecular weight is 467 g/mol. The predicted molar refractivity (Wildman–Crippen MR) is 131 cm³/mol. The van der Waals surface area contributed by atoms with E-state index in [9.17, 15) is 8.78 Å². The van der Waals surface area contributed by atoms with E-state index >= 15 is 0 Å². The Morgan fingerprint density at radius 1 is 1.12 bits per heavy atom. The van der Waals surface area contributed by atoms with Crippen LogP contribution in [0.2, 0.25) is 5.02 Å². The Kier molecular flexibility index (Phi) is 5.90. The van der Waals surface area contributed by atoms with Gasteiger partial charge in [-0.15, -0.1) is 0 Å². The molecule has 0 amide bonds. The maximum absolute atomic E-state index is 13.8. The first-order valence-electron chi connectivity index (χ1n) is 11.8. The van der Waals surface area contributed by atoms with E-state index in [0.717, 1.165) is 16.6 Å². The Balaban J connectivity index is 1.18. The summed E-state index contributed by atoms with van der Waals surface area (Å²) >= 11 is 5.79. The second-order valence-electron chi connectivity index (χ2n) is 10.1. The maximum Gasteiger partial charge on any atom is 0.143 e. The van der Waals surface area contributed by atoms with E-state index in [2.05, 4.69) is 29.9 Å². The molecule has 2 aromatic carbocycles. The Labute approximate surface area is 199 Å². The first kappa shape index (κ1) is 22.3. The molecule has 2 aliphatic rings. The molecule has 2 aliphatic carbocycles. The fourth-order valence-corrected chi connectivity index (χ4v) is 6.14. The van der Waals surface area contributed by atoms with Gasteiger partial charge in [0.25, 0.3) is 0 Å². The topological polar surface area (TPSA) is 24.9 Å². The first-order valence-corrected chi connectivity index (χ1v) is 12.2. The van der Waals surface area contributed by atoms with Crippen molar-refractivity contribution in [1.82, 2.24) is 4.98 Å². The number of hydrogen-bond donors (Lipinski definition) is 1. The number of hydrogen-bond acceptors (Lipinski definition) is 2. The zero-order chi connectivity index (χ0) is 23.2. The highest BCUT2D eigenvalue weighted by Crippen LogP contribution is 2.60. The van der Waals surface area contributed by atoms with Gasteiger partial charge in [-0.25, -0.2) is 8.78 Å². The molecule has 172 valence electrons. The molecular formula is C28H29ClF2N2. The van der Waals surface area contributed by atoms with Gasteiger partial charge in [0.2, 0.25) is 0 Å². The van der Waals surface area contributed by atoms with Crippen molar-refractivity contribution in [2.45, 2.75) is 51.4 Å². The molecule has 33 heavy (non-hydrogen) atoms. The third-order valence-corrected chi connectivity index (χ3v) is 8.41. The largest absolute Gasteiger partial charge is 0.359 e. The summed E-state index contributed by atoms with van der Waals surface area (Å²) in [5.74, 6) is 0.746. The van der Waals surface area contributed by atoms with Crippen LogP contribution in [-0.4, -0.2) is 4.98 Å². The Morgan fingerprint density at radius 3 is 2.61 bits per heavy atom. The van der Waals surface area contributed by atoms with Crippen LogP contribution in [0.25, 0.3) is 10.9 Å². The molecule has 0 saturated heterocycles. The van der Waals surface area contributed by atoms with E-state index < -0.39 is 5.82 Å². The monoisotopic (exact) mass is 466 g/mol. The molecule has 2 saturated carbocycles. The van der Waals surface area contributed by atoms with Gasteiger partial charge in [-0.05, 0) is 110 Å². The predicted octanol–water partition coefficient (Wildman–Crippen LogP) is 8.48. The SMILES string of the molecule is C=C(Nc1ccc(Cl)c(F)c1)C(C)C1CCC2(CC1)CC(c1ccnc3ccc(F)cc13)C2. The van der Waals surface area contributed by atoms with Gasteiger partial charge in [-0.2, -0.15) is 0 Å². The van der Waals surface area contributed by atoms with Crippen molar-refractivity contribution in [1.29, 1.82) is 0 Å². The number of allylic oxidation sites excluding steroid dienone is 1. The van der Waals surface area contributed by atoms with Gasteiger partial charge in [-0.1, -0.05) is 25.1 Å². The van der Waals surface area contributed by atoms with E-state index in [1.807, 2.05) is 6.20 Å². The quantitative estimate of drug-likeness (QED) is 0.407. The minimum Gasteiger partial charge on any atom is -0.359 e. The number of pyridine rings is 1. The minimum atomic E-state index is -0.425. The summed E-state index contributed by atoms with van der Waals surface area (Å²) in [6.07, 6.45) is 8.99. The average Bonchev–Trinajstić information content (AvgIpc) is 2.79. The molecule has 2 fully saturated rings. The molecule has 5 rings (SSSR count). The van der Waals surface area contributed by atoms with E-state index in [0.29, 0.717) is 28.9 Å². The molecule has 1 aromatic heterocycles. The molecule has 0 aliphatic heterocycles. The van der Waals surface area contributed by atoms with Crippen molar-refractivity contribution in [3.63, 3.8) is 0 Å². The van der Waals surface area contributed by atoms with Gasteiger partial charge in [0, 0.05) is 23.0 Å². The maximum atomic E-state index is 13.8. The smallest absolute Gasteiger partial charge is 0.143 e. The van der Waals surface area contributed by atoms with Crippen LogP contribution < -0.4 is 5.32 Å². The normalized spacial score (nSPS) is 25.6. The van der Waals surface area contributed by atoms with Crippen LogP contribution in [0.3, 0.4) is 0 Å². The van der Waals surface area contributed by atoms with Crippen LogP contribution >= 0.6 is 11.6 Å². The molecule has 1 atom stereocenters. The van der Waals surface area contributed by atoms with Crippen molar-refractivity contribution in [2.24, 2.45) is 17.3 Å². The van der Waals surface area contributed by atoms with Crippen molar-refractivity contribution in [3.05, 3.63) is 83.2 Å². The lowest BCUT2D eigenvalue weighted by Crippen LogP contribution is -2.40. The number of fused-ring (bicyclic) bond motifs is 1. The van der Waals surface area contributed by atoms with Gasteiger partial charge >= 0.3 is 0 Å². The molecule has 0 radical (unpaired) electrons. The van der Waals surface area contributed by atoms with Crippen molar-refractivity contribution >= 4 is 28.2 Å². The minimum absolute atomic E-state index is 0.125. The summed E-state index contributed by atoms with van der Waals surface area (Å²) in [5.41, 5.74) is 4.14. The Hall–Kier alpha value is -2.46. The van der Waals surface area contributed by atoms with Crippen molar-refractivity contribution in [3.8, 4) is 0 Å². The van der Waals surface area contributed by atoms with E-state index in [-0.39, 0.29) is 10.8 Å². The molecule has 2 nitrogen and oxygen atoms in total. The zero-order valence-electron chi connectivity index (χ0n) is 18.9. The number of nitrogens with zero attached hydrogens (tertiary/aromatic N) is 1. The van der Waals surface area contributed by atoms with Crippen molar-refractivity contribution < 1.29 is 8.78 Å². The van der Waals surface area contributed by atoms with Crippen LogP contribution in [0.1, 0.15) is 56.9 Å². The molecule has 0 bridgehead atoms. The third-order valence-electron chi connectivity index (χ3n) is 8.11. The molecular weight excluding hydrogens is 438 g/mol. The highest BCUT2D eigenvalue weighted by molar-refractivity contribution is 6.30. The molecule has 1 unspecified atom stereocenters. The molecule has 1 heterocycles. The molecule has 1 N–H and O–H groups in total. The molecule has 3 aromatic rings. The van der Waals surface area contributed by atoms with Gasteiger partial charge in [0.1, 0.15) is 11.6 Å². The second kappa shape index (κ2) is 8.72. The standard InChI is InChI=1S/C28H29ClF2N2/c1-17(18(2)33-22-4-5-25(29)26(31)14-22)19-7-10-28(11-8-19)15-20(16-28)23-9-12-32-27-6-3-21(30)13-24(23)27/h3-6,9,12-14,17,19-20,33H,2,7-8,10-11,15-16H2,1H3. The number of aromatic nitrogens is 1. The highest BCUT2D eigenvalue weighted by atomic mass is 35.5. The summed E-state index contributed by atoms with van der Waals surface area (Å²) in [6, 6.07) is 11.7. The van der Waals surface area contributed by atoms with Crippen LogP contribution in [-0.2, 0) is 0 Å². The Morgan fingerprint density at radius 2 is 1.88 bits per heavy atom. The lowest BCUT2D eigenvalue weighted by molar-refractivity contribution is 0.0268. The van der Waals surface area contributed by atoms with E-state index in [1.54, 1.807) is 24.3 Å². The fraction of sp³-hybridized carbons (Fsp3) is 0.393. The first-order chi connectivity index (χ1) is 15.8.